The minimum Gasteiger partial charge on any atom is -0.369 e. The molecule has 0 saturated carbocycles. The molecule has 12 heteroatoms. The molecular formula is C29H28N6O4S2. The Morgan fingerprint density at radius 1 is 0.683 bits per heavy atom. The molecule has 2 N–H and O–H groups in total. The van der Waals surface area contributed by atoms with Crippen LogP contribution in [0.4, 0.5) is 17.1 Å². The highest BCUT2D eigenvalue weighted by atomic mass is 32.2. The number of para-hydroxylation sites is 1. The van der Waals surface area contributed by atoms with Crippen molar-refractivity contribution in [1.82, 2.24) is 14.9 Å². The summed E-state index contributed by atoms with van der Waals surface area (Å²) in [6.07, 6.45) is 3.13. The van der Waals surface area contributed by atoms with Crippen LogP contribution >= 0.6 is 0 Å². The first-order valence-corrected chi connectivity index (χ1v) is 16.0. The first kappa shape index (κ1) is 26.9. The van der Waals surface area contributed by atoms with E-state index in [1.54, 1.807) is 60.8 Å². The van der Waals surface area contributed by atoms with Crippen molar-refractivity contribution in [3.63, 3.8) is 0 Å². The van der Waals surface area contributed by atoms with Crippen LogP contribution in [0.15, 0.2) is 101 Å². The van der Waals surface area contributed by atoms with Crippen LogP contribution in [-0.4, -0.2) is 64.9 Å². The summed E-state index contributed by atoms with van der Waals surface area (Å²) < 4.78 is 59.7. The zero-order valence-electron chi connectivity index (χ0n) is 22.2. The number of pyridine rings is 2. The van der Waals surface area contributed by atoms with E-state index in [0.29, 0.717) is 16.4 Å². The largest absolute Gasteiger partial charge is 0.369 e. The van der Waals surface area contributed by atoms with E-state index in [0.717, 1.165) is 37.3 Å². The second-order valence-electron chi connectivity index (χ2n) is 9.92. The summed E-state index contributed by atoms with van der Waals surface area (Å²) in [4.78, 5) is 12.9. The molecule has 1 saturated heterocycles. The lowest BCUT2D eigenvalue weighted by Crippen LogP contribution is -2.44. The number of nitrogens with zero attached hydrogens (tertiary/aromatic N) is 4. The normalized spacial score (nSPS) is 14.8. The molecule has 0 aliphatic carbocycles. The number of hydrogen-bond acceptors (Lipinski definition) is 8. The van der Waals surface area contributed by atoms with E-state index in [4.69, 9.17) is 0 Å². The summed E-state index contributed by atoms with van der Waals surface area (Å²) in [5.41, 5.74) is 1.84. The standard InChI is InChI=1S/C29H28N6O4S2/c1-34-15-17-35(18-16-34)23-10-12-25(32-41(38,39)28-8-2-5-22-7-4-14-31-29(22)28)27(19-23)33-40(36,37)24-11-9-21-6-3-13-30-26(21)20-24/h2-14,19-20,32-33H,15-18H2,1H3. The second kappa shape index (κ2) is 10.6. The van der Waals surface area contributed by atoms with E-state index in [1.807, 2.05) is 6.07 Å². The molecular weight excluding hydrogens is 560 g/mol. The van der Waals surface area contributed by atoms with Gasteiger partial charge in [0.25, 0.3) is 20.0 Å². The number of aromatic nitrogens is 2. The first-order chi connectivity index (χ1) is 19.7. The van der Waals surface area contributed by atoms with Crippen LogP contribution in [0.5, 0.6) is 0 Å². The van der Waals surface area contributed by atoms with Crippen LogP contribution in [0.25, 0.3) is 21.8 Å². The number of fused-ring (bicyclic) bond motifs is 2. The fraction of sp³-hybridized carbons (Fsp3) is 0.172. The van der Waals surface area contributed by atoms with Gasteiger partial charge in [-0.05, 0) is 55.6 Å². The summed E-state index contributed by atoms with van der Waals surface area (Å²) in [7, 11) is -6.19. The minimum absolute atomic E-state index is 0.00634. The van der Waals surface area contributed by atoms with Crippen molar-refractivity contribution in [2.75, 3.05) is 47.6 Å². The van der Waals surface area contributed by atoms with Gasteiger partial charge in [-0.3, -0.25) is 19.4 Å². The predicted octanol–water partition coefficient (Wildman–Crippen LogP) is 4.14. The molecule has 6 rings (SSSR count). The maximum Gasteiger partial charge on any atom is 0.264 e. The van der Waals surface area contributed by atoms with Gasteiger partial charge in [0.2, 0.25) is 0 Å². The molecule has 3 aromatic carbocycles. The number of anilines is 3. The van der Waals surface area contributed by atoms with Crippen LogP contribution in [-0.2, 0) is 20.0 Å². The fourth-order valence-electron chi connectivity index (χ4n) is 4.88. The van der Waals surface area contributed by atoms with Crippen molar-refractivity contribution < 1.29 is 16.8 Å². The number of sulfonamides is 2. The van der Waals surface area contributed by atoms with E-state index < -0.39 is 20.0 Å². The molecule has 0 bridgehead atoms. The minimum atomic E-state index is -4.13. The number of nitrogens with one attached hydrogen (secondary N) is 2. The molecule has 41 heavy (non-hydrogen) atoms. The molecule has 5 aromatic rings. The van der Waals surface area contributed by atoms with Crippen LogP contribution in [0.3, 0.4) is 0 Å². The highest BCUT2D eigenvalue weighted by Gasteiger charge is 2.24. The molecule has 0 spiro atoms. The van der Waals surface area contributed by atoms with E-state index in [9.17, 15) is 16.8 Å². The molecule has 0 unspecified atom stereocenters. The van der Waals surface area contributed by atoms with Gasteiger partial charge in [-0.15, -0.1) is 0 Å². The second-order valence-corrected chi connectivity index (χ2v) is 13.3. The number of hydrogen-bond donors (Lipinski definition) is 2. The Balaban J connectivity index is 1.40. The Labute approximate surface area is 238 Å². The van der Waals surface area contributed by atoms with E-state index >= 15 is 0 Å². The van der Waals surface area contributed by atoms with Gasteiger partial charge < -0.3 is 9.80 Å². The van der Waals surface area contributed by atoms with Crippen molar-refractivity contribution in [2.24, 2.45) is 0 Å². The predicted molar refractivity (Wildman–Crippen MR) is 161 cm³/mol. The van der Waals surface area contributed by atoms with Crippen LogP contribution in [0.1, 0.15) is 0 Å². The van der Waals surface area contributed by atoms with Crippen molar-refractivity contribution in [2.45, 2.75) is 9.79 Å². The topological polar surface area (TPSA) is 125 Å². The summed E-state index contributed by atoms with van der Waals surface area (Å²) >= 11 is 0. The van der Waals surface area contributed by atoms with Crippen molar-refractivity contribution in [1.29, 1.82) is 0 Å². The summed E-state index contributed by atoms with van der Waals surface area (Å²) in [5, 5.41) is 1.48. The lowest BCUT2D eigenvalue weighted by molar-refractivity contribution is 0.313. The van der Waals surface area contributed by atoms with E-state index in [2.05, 4.69) is 36.3 Å². The quantitative estimate of drug-likeness (QED) is 0.291. The SMILES string of the molecule is CN1CCN(c2ccc(NS(=O)(=O)c3cccc4cccnc34)c(NS(=O)(=O)c3ccc4cccnc4c3)c2)CC1. The molecule has 0 atom stereocenters. The summed E-state index contributed by atoms with van der Waals surface area (Å²) in [6.45, 7) is 3.22. The first-order valence-electron chi connectivity index (χ1n) is 13.0. The Morgan fingerprint density at radius 2 is 1.39 bits per heavy atom. The van der Waals surface area contributed by atoms with Gasteiger partial charge in [-0.1, -0.05) is 30.3 Å². The third kappa shape index (κ3) is 5.53. The van der Waals surface area contributed by atoms with Gasteiger partial charge in [-0.25, -0.2) is 16.8 Å². The van der Waals surface area contributed by atoms with Gasteiger partial charge in [0, 0.05) is 55.0 Å². The monoisotopic (exact) mass is 588 g/mol. The summed E-state index contributed by atoms with van der Waals surface area (Å²) in [6, 6.07) is 21.8. The molecule has 0 amide bonds. The van der Waals surface area contributed by atoms with Gasteiger partial charge in [0.05, 0.1) is 27.3 Å². The van der Waals surface area contributed by atoms with Gasteiger partial charge in [-0.2, -0.15) is 0 Å². The van der Waals surface area contributed by atoms with Gasteiger partial charge >= 0.3 is 0 Å². The Kier molecular flexibility index (Phi) is 6.98. The molecule has 1 aliphatic rings. The maximum atomic E-state index is 13.6. The van der Waals surface area contributed by atoms with Gasteiger partial charge in [0.15, 0.2) is 0 Å². The Bertz CT molecular complexity index is 1970. The highest BCUT2D eigenvalue weighted by molar-refractivity contribution is 7.93. The third-order valence-electron chi connectivity index (χ3n) is 7.13. The van der Waals surface area contributed by atoms with E-state index in [-0.39, 0.29) is 21.2 Å². The number of likely N-dealkylation sites (N-methyl/N-ethyl adjacent to an activating group) is 1. The van der Waals surface area contributed by atoms with E-state index in [1.165, 1.54) is 24.4 Å². The molecule has 3 heterocycles. The van der Waals surface area contributed by atoms with Gasteiger partial charge in [0.1, 0.15) is 4.90 Å². The lowest BCUT2D eigenvalue weighted by atomic mass is 10.2. The molecule has 10 nitrogen and oxygen atoms in total. The molecule has 1 aliphatic heterocycles. The third-order valence-corrected chi connectivity index (χ3v) is 9.89. The average Bonchev–Trinajstić information content (AvgIpc) is 2.97. The lowest BCUT2D eigenvalue weighted by Gasteiger charge is -2.34. The number of rotatable bonds is 7. The Morgan fingerprint density at radius 3 is 2.20 bits per heavy atom. The smallest absolute Gasteiger partial charge is 0.264 e. The zero-order valence-corrected chi connectivity index (χ0v) is 23.9. The molecule has 2 aromatic heterocycles. The van der Waals surface area contributed by atoms with Crippen molar-refractivity contribution in [3.8, 4) is 0 Å². The average molecular weight is 589 g/mol. The van der Waals surface area contributed by atoms with Crippen LogP contribution < -0.4 is 14.3 Å². The maximum absolute atomic E-state index is 13.6. The fourth-order valence-corrected chi connectivity index (χ4v) is 7.23. The zero-order chi connectivity index (χ0) is 28.6. The van der Waals surface area contributed by atoms with Crippen molar-refractivity contribution in [3.05, 3.63) is 91.3 Å². The summed E-state index contributed by atoms with van der Waals surface area (Å²) in [5.74, 6) is 0. The molecule has 210 valence electrons. The van der Waals surface area contributed by atoms with Crippen LogP contribution in [0.2, 0.25) is 0 Å². The van der Waals surface area contributed by atoms with Crippen molar-refractivity contribution >= 4 is 58.9 Å². The van der Waals surface area contributed by atoms with Crippen LogP contribution in [0, 0.1) is 0 Å². The molecule has 0 radical (unpaired) electrons. The molecule has 1 fully saturated rings. The number of piperazine rings is 1. The number of benzene rings is 3. The Hall–Kier alpha value is -4.26. The highest BCUT2D eigenvalue weighted by Crippen LogP contribution is 2.33.